The van der Waals surface area contributed by atoms with Crippen LogP contribution in [0.25, 0.3) is 6.08 Å². The summed E-state index contributed by atoms with van der Waals surface area (Å²) in [4.78, 5) is 34.5. The summed E-state index contributed by atoms with van der Waals surface area (Å²) in [5.41, 5.74) is 2.98. The molecule has 38 heavy (non-hydrogen) atoms. The molecule has 0 saturated heterocycles. The van der Waals surface area contributed by atoms with Gasteiger partial charge in [0.15, 0.2) is 4.80 Å². The minimum absolute atomic E-state index is 0.268. The lowest BCUT2D eigenvalue weighted by atomic mass is 9.96. The Morgan fingerprint density at radius 1 is 1.21 bits per heavy atom. The van der Waals surface area contributed by atoms with Crippen molar-refractivity contribution in [2.75, 3.05) is 25.1 Å². The molecule has 1 aromatic heterocycles. The fourth-order valence-corrected chi connectivity index (χ4v) is 5.87. The van der Waals surface area contributed by atoms with Crippen LogP contribution in [0.15, 0.2) is 63.5 Å². The van der Waals surface area contributed by atoms with Crippen LogP contribution >= 0.6 is 22.9 Å². The molecule has 2 heterocycles. The average molecular weight is 554 g/mol. The summed E-state index contributed by atoms with van der Waals surface area (Å²) >= 11 is 7.86. The molecule has 3 aromatic rings. The van der Waals surface area contributed by atoms with E-state index in [-0.39, 0.29) is 11.7 Å². The summed E-state index contributed by atoms with van der Waals surface area (Å²) in [6.45, 7) is 11.3. The highest BCUT2D eigenvalue weighted by Gasteiger charge is 2.34. The molecule has 0 bridgehead atoms. The largest absolute Gasteiger partial charge is 0.496 e. The Labute approximate surface area is 231 Å². The third-order valence-corrected chi connectivity index (χ3v) is 7.74. The van der Waals surface area contributed by atoms with Crippen LogP contribution < -0.4 is 24.5 Å². The third kappa shape index (κ3) is 5.28. The van der Waals surface area contributed by atoms with Gasteiger partial charge in [-0.3, -0.25) is 9.36 Å². The lowest BCUT2D eigenvalue weighted by Gasteiger charge is -2.26. The first-order valence-corrected chi connectivity index (χ1v) is 13.8. The summed E-state index contributed by atoms with van der Waals surface area (Å²) < 4.78 is 13.2. The van der Waals surface area contributed by atoms with Gasteiger partial charge in [0.05, 0.1) is 29.0 Å². The maximum Gasteiger partial charge on any atom is 0.338 e. The van der Waals surface area contributed by atoms with Gasteiger partial charge in [-0.15, -0.1) is 0 Å². The lowest BCUT2D eigenvalue weighted by Crippen LogP contribution is -2.40. The number of carbonyl (C=O) groups is 1. The highest BCUT2D eigenvalue weighted by atomic mass is 35.5. The van der Waals surface area contributed by atoms with Crippen LogP contribution in [0, 0.1) is 0 Å². The zero-order chi connectivity index (χ0) is 27.6. The van der Waals surface area contributed by atoms with Crippen LogP contribution in [-0.4, -0.2) is 36.8 Å². The maximum absolute atomic E-state index is 13.9. The number of anilines is 1. The number of benzene rings is 2. The third-order valence-electron chi connectivity index (χ3n) is 6.42. The Morgan fingerprint density at radius 3 is 2.55 bits per heavy atom. The predicted octanol–water partition coefficient (Wildman–Crippen LogP) is 4.70. The first-order chi connectivity index (χ1) is 18.2. The second kappa shape index (κ2) is 11.6. The number of fused-ring (bicyclic) bond motifs is 1. The van der Waals surface area contributed by atoms with Gasteiger partial charge in [0.2, 0.25) is 0 Å². The number of rotatable bonds is 8. The van der Waals surface area contributed by atoms with Crippen molar-refractivity contribution >= 4 is 40.7 Å². The topological polar surface area (TPSA) is 73.1 Å². The molecule has 0 saturated carbocycles. The zero-order valence-corrected chi connectivity index (χ0v) is 24.0. The van der Waals surface area contributed by atoms with Gasteiger partial charge < -0.3 is 14.4 Å². The summed E-state index contributed by atoms with van der Waals surface area (Å²) in [7, 11) is 1.62. The van der Waals surface area contributed by atoms with E-state index >= 15 is 0 Å². The van der Waals surface area contributed by atoms with Crippen molar-refractivity contribution in [1.82, 2.24) is 4.57 Å². The molecule has 0 amide bonds. The van der Waals surface area contributed by atoms with Crippen molar-refractivity contribution in [3.8, 4) is 5.75 Å². The van der Waals surface area contributed by atoms with Gasteiger partial charge in [0.1, 0.15) is 11.8 Å². The van der Waals surface area contributed by atoms with Crippen molar-refractivity contribution in [2.24, 2.45) is 4.99 Å². The lowest BCUT2D eigenvalue weighted by molar-refractivity contribution is -0.143. The number of hydrogen-bond acceptors (Lipinski definition) is 7. The van der Waals surface area contributed by atoms with E-state index in [0.717, 1.165) is 24.3 Å². The summed E-state index contributed by atoms with van der Waals surface area (Å²) in [6, 6.07) is 12.4. The molecular weight excluding hydrogens is 522 g/mol. The fourth-order valence-electron chi connectivity index (χ4n) is 4.60. The number of halogens is 1. The van der Waals surface area contributed by atoms with Crippen molar-refractivity contribution in [2.45, 2.75) is 46.8 Å². The monoisotopic (exact) mass is 553 g/mol. The molecule has 0 spiro atoms. The van der Waals surface area contributed by atoms with E-state index in [1.807, 2.05) is 42.5 Å². The van der Waals surface area contributed by atoms with Gasteiger partial charge in [-0.05, 0) is 64.5 Å². The van der Waals surface area contributed by atoms with E-state index in [1.54, 1.807) is 38.5 Å². The highest BCUT2D eigenvalue weighted by molar-refractivity contribution is 7.07. The molecule has 0 N–H and O–H groups in total. The number of aromatic nitrogens is 1. The highest BCUT2D eigenvalue weighted by Crippen LogP contribution is 2.34. The number of nitrogens with zero attached hydrogens (tertiary/aromatic N) is 3. The maximum atomic E-state index is 13.9. The first-order valence-electron chi connectivity index (χ1n) is 12.6. The van der Waals surface area contributed by atoms with Gasteiger partial charge in [-0.1, -0.05) is 41.1 Å². The minimum atomic E-state index is -0.764. The smallest absolute Gasteiger partial charge is 0.338 e. The van der Waals surface area contributed by atoms with Gasteiger partial charge in [0, 0.05) is 35.4 Å². The number of esters is 1. The minimum Gasteiger partial charge on any atom is -0.496 e. The number of allylic oxidation sites excluding steroid dienone is 1. The molecule has 1 aliphatic heterocycles. The second-order valence-corrected chi connectivity index (χ2v) is 10.6. The SMILES string of the molecule is CCN(CC)c1ccc(C=c2sc3n(c2=O)C(c2ccccc2Cl)C(C(=O)OC(C)C)=C(C)N=3)c(OC)c1. The molecule has 9 heteroatoms. The molecule has 7 nitrogen and oxygen atoms in total. The summed E-state index contributed by atoms with van der Waals surface area (Å²) in [5, 5.41) is 0.449. The molecule has 200 valence electrons. The Bertz CT molecular complexity index is 1570. The van der Waals surface area contributed by atoms with E-state index in [0.29, 0.717) is 36.9 Å². The van der Waals surface area contributed by atoms with Crippen LogP contribution in [0.1, 0.15) is 51.8 Å². The number of hydrogen-bond donors (Lipinski definition) is 0. The van der Waals surface area contributed by atoms with Crippen LogP contribution in [0.5, 0.6) is 5.75 Å². The van der Waals surface area contributed by atoms with E-state index < -0.39 is 12.0 Å². The van der Waals surface area contributed by atoms with E-state index in [1.165, 1.54) is 11.3 Å². The molecule has 0 aliphatic carbocycles. The van der Waals surface area contributed by atoms with E-state index in [4.69, 9.17) is 21.1 Å². The average Bonchev–Trinajstić information content (AvgIpc) is 3.18. The molecule has 4 rings (SSSR count). The summed E-state index contributed by atoms with van der Waals surface area (Å²) in [5.74, 6) is 0.148. The van der Waals surface area contributed by atoms with Crippen molar-refractivity contribution in [3.63, 3.8) is 0 Å². The Balaban J connectivity index is 1.92. The molecule has 1 aliphatic rings. The fraction of sp³-hybridized carbons (Fsp3) is 0.345. The van der Waals surface area contributed by atoms with Crippen molar-refractivity contribution < 1.29 is 14.3 Å². The van der Waals surface area contributed by atoms with E-state index in [9.17, 15) is 9.59 Å². The standard InChI is InChI=1S/C29H32ClN3O4S/c1-7-32(8-2)20-14-13-19(23(16-20)36-6)15-24-27(34)33-26(21-11-9-10-12-22(21)30)25(28(35)37-17(3)4)18(5)31-29(33)38-24/h9-17,26H,7-8H2,1-6H3. The molecule has 1 atom stereocenters. The second-order valence-electron chi connectivity index (χ2n) is 9.16. The number of methoxy groups -OCH3 is 1. The quantitative estimate of drug-likeness (QED) is 0.378. The Morgan fingerprint density at radius 2 is 1.92 bits per heavy atom. The zero-order valence-electron chi connectivity index (χ0n) is 22.4. The van der Waals surface area contributed by atoms with Crippen LogP contribution in [0.4, 0.5) is 5.69 Å². The van der Waals surface area contributed by atoms with E-state index in [2.05, 4.69) is 23.7 Å². The Hall–Kier alpha value is -3.36. The first kappa shape index (κ1) is 27.7. The predicted molar refractivity (Wildman–Crippen MR) is 153 cm³/mol. The van der Waals surface area contributed by atoms with Crippen molar-refractivity contribution in [3.05, 3.63) is 89.6 Å². The molecular formula is C29H32ClN3O4S. The normalized spacial score (nSPS) is 15.4. The molecule has 1 unspecified atom stereocenters. The summed E-state index contributed by atoms with van der Waals surface area (Å²) in [6.07, 6.45) is 1.48. The van der Waals surface area contributed by atoms with Gasteiger partial charge in [-0.2, -0.15) is 0 Å². The molecule has 0 fully saturated rings. The number of ether oxygens (including phenoxy) is 2. The van der Waals surface area contributed by atoms with Gasteiger partial charge in [-0.25, -0.2) is 9.79 Å². The molecule has 0 radical (unpaired) electrons. The molecule has 2 aromatic carbocycles. The van der Waals surface area contributed by atoms with Crippen LogP contribution in [0.2, 0.25) is 5.02 Å². The Kier molecular flexibility index (Phi) is 8.43. The number of carbonyl (C=O) groups excluding carboxylic acids is 1. The van der Waals surface area contributed by atoms with Crippen LogP contribution in [-0.2, 0) is 9.53 Å². The van der Waals surface area contributed by atoms with Gasteiger partial charge >= 0.3 is 5.97 Å². The van der Waals surface area contributed by atoms with Gasteiger partial charge in [0.25, 0.3) is 5.56 Å². The van der Waals surface area contributed by atoms with Crippen LogP contribution in [0.3, 0.4) is 0 Å². The van der Waals surface area contributed by atoms with Crippen molar-refractivity contribution in [1.29, 1.82) is 0 Å². The number of thiazole rings is 1.